The van der Waals surface area contributed by atoms with E-state index in [0.29, 0.717) is 23.2 Å². The summed E-state index contributed by atoms with van der Waals surface area (Å²) in [5, 5.41) is 0.721. The number of hydrogen-bond acceptors (Lipinski definition) is 1. The third kappa shape index (κ3) is 5.89. The molecule has 3 aromatic rings. The van der Waals surface area contributed by atoms with Crippen LogP contribution in [-0.2, 0) is 23.7 Å². The predicted molar refractivity (Wildman–Crippen MR) is 132 cm³/mol. The molecule has 8 heteroatoms. The molecule has 0 saturated heterocycles. The second kappa shape index (κ2) is 9.46. The fraction of sp³-hybridized carbons (Fsp3) is 0.462. The molecule has 1 heterocycles. The molecule has 3 rings (SSSR count). The Bertz CT molecular complexity index is 1190. The van der Waals surface area contributed by atoms with Gasteiger partial charge < -0.3 is 4.57 Å². The number of rotatable bonds is 6. The van der Waals surface area contributed by atoms with E-state index in [2.05, 4.69) is 25.5 Å². The Balaban J connectivity index is 2.19. The third-order valence-electron chi connectivity index (χ3n) is 5.44. The lowest BCUT2D eigenvalue weighted by Crippen LogP contribution is -2.36. The number of benzene rings is 2. The Kier molecular flexibility index (Phi) is 7.35. The summed E-state index contributed by atoms with van der Waals surface area (Å²) in [5.41, 5.74) is 1.04. The molecule has 0 aliphatic heterocycles. The number of aromatic nitrogens is 1. The number of halogens is 4. The van der Waals surface area contributed by atoms with Crippen LogP contribution in [0.2, 0.25) is 0 Å². The van der Waals surface area contributed by atoms with Gasteiger partial charge >= 0.3 is 6.18 Å². The fourth-order valence-corrected chi connectivity index (χ4v) is 4.68. The largest absolute Gasteiger partial charge is 0.417 e. The Morgan fingerprint density at radius 1 is 1.00 bits per heavy atom. The number of hydrogen-bond donors (Lipinski definition) is 1. The lowest BCUT2D eigenvalue weighted by molar-refractivity contribution is -0.137. The number of nitrogens with zero attached hydrogens (tertiary/aromatic N) is 1. The van der Waals surface area contributed by atoms with Crippen molar-refractivity contribution in [2.75, 3.05) is 6.67 Å². The maximum Gasteiger partial charge on any atom is 0.417 e. The number of alkyl halides is 4. The van der Waals surface area contributed by atoms with Crippen molar-refractivity contribution in [3.8, 4) is 11.1 Å². The third-order valence-corrected chi connectivity index (χ3v) is 7.05. The SMILES string of the molecule is CC(C)(C)Cn1cc([C@@H](CF)N[S@](=O)C(C)(C)C)c2ccc(-c3ccccc3C(F)(F)F)cc21. The van der Waals surface area contributed by atoms with Gasteiger partial charge in [-0.15, -0.1) is 0 Å². The van der Waals surface area contributed by atoms with Crippen LogP contribution in [0, 0.1) is 5.41 Å². The average Bonchev–Trinajstić information content (AvgIpc) is 3.06. The summed E-state index contributed by atoms with van der Waals surface area (Å²) in [7, 11) is -1.49. The molecule has 0 spiro atoms. The highest BCUT2D eigenvalue weighted by Crippen LogP contribution is 2.39. The van der Waals surface area contributed by atoms with Crippen molar-refractivity contribution in [1.29, 1.82) is 0 Å². The zero-order chi connectivity index (χ0) is 25.5. The predicted octanol–water partition coefficient (Wildman–Crippen LogP) is 7.44. The molecule has 0 bridgehead atoms. The molecule has 0 radical (unpaired) electrons. The smallest absolute Gasteiger partial charge is 0.347 e. The van der Waals surface area contributed by atoms with E-state index in [1.165, 1.54) is 12.1 Å². The number of fused-ring (bicyclic) bond motifs is 1. The molecule has 1 N–H and O–H groups in total. The van der Waals surface area contributed by atoms with E-state index in [-0.39, 0.29) is 11.0 Å². The van der Waals surface area contributed by atoms with Crippen LogP contribution in [-0.4, -0.2) is 20.2 Å². The summed E-state index contributed by atoms with van der Waals surface area (Å²) in [4.78, 5) is 0. The maximum absolute atomic E-state index is 14.2. The van der Waals surface area contributed by atoms with Crippen LogP contribution in [0.3, 0.4) is 0 Å². The van der Waals surface area contributed by atoms with Crippen molar-refractivity contribution in [2.45, 2.75) is 65.1 Å². The molecular weight excluding hydrogens is 464 g/mol. The highest BCUT2D eigenvalue weighted by Gasteiger charge is 2.33. The van der Waals surface area contributed by atoms with Crippen molar-refractivity contribution >= 4 is 21.9 Å². The van der Waals surface area contributed by atoms with Gasteiger partial charge in [-0.25, -0.2) is 13.3 Å². The average molecular weight is 497 g/mol. The molecule has 186 valence electrons. The van der Waals surface area contributed by atoms with E-state index >= 15 is 0 Å². The summed E-state index contributed by atoms with van der Waals surface area (Å²) in [5.74, 6) is 0. The minimum Gasteiger partial charge on any atom is -0.347 e. The first-order valence-electron chi connectivity index (χ1n) is 11.2. The summed E-state index contributed by atoms with van der Waals surface area (Å²) >= 11 is 0. The van der Waals surface area contributed by atoms with Gasteiger partial charge in [0, 0.05) is 23.6 Å². The molecular formula is C26H32F4N2OS. The van der Waals surface area contributed by atoms with Crippen molar-refractivity contribution in [1.82, 2.24) is 9.29 Å². The van der Waals surface area contributed by atoms with Crippen LogP contribution in [0.25, 0.3) is 22.0 Å². The first kappa shape index (κ1) is 26.4. The van der Waals surface area contributed by atoms with Crippen LogP contribution >= 0.6 is 0 Å². The zero-order valence-electron chi connectivity index (χ0n) is 20.4. The monoisotopic (exact) mass is 496 g/mol. The van der Waals surface area contributed by atoms with Crippen molar-refractivity contribution < 1.29 is 21.8 Å². The van der Waals surface area contributed by atoms with Crippen LogP contribution in [0.1, 0.15) is 58.7 Å². The zero-order valence-corrected chi connectivity index (χ0v) is 21.2. The van der Waals surface area contributed by atoms with Gasteiger partial charge in [0.15, 0.2) is 0 Å². The van der Waals surface area contributed by atoms with Gasteiger partial charge in [0.1, 0.15) is 6.67 Å². The van der Waals surface area contributed by atoms with Crippen molar-refractivity contribution in [3.63, 3.8) is 0 Å². The molecule has 2 atom stereocenters. The van der Waals surface area contributed by atoms with Crippen molar-refractivity contribution in [2.24, 2.45) is 5.41 Å². The molecule has 3 nitrogen and oxygen atoms in total. The van der Waals surface area contributed by atoms with Crippen LogP contribution in [0.5, 0.6) is 0 Å². The molecule has 0 aliphatic rings. The van der Waals surface area contributed by atoms with E-state index < -0.39 is 40.2 Å². The number of nitrogens with one attached hydrogen (secondary N) is 1. The molecule has 0 aliphatic carbocycles. The van der Waals surface area contributed by atoms with Gasteiger partial charge in [-0.3, -0.25) is 0 Å². The fourth-order valence-electron chi connectivity index (χ4n) is 3.87. The quantitative estimate of drug-likeness (QED) is 0.354. The molecule has 0 saturated carbocycles. The first-order chi connectivity index (χ1) is 15.6. The maximum atomic E-state index is 14.2. The summed E-state index contributed by atoms with van der Waals surface area (Å²) in [6.45, 7) is 11.4. The van der Waals surface area contributed by atoms with Gasteiger partial charge in [-0.1, -0.05) is 51.1 Å². The Labute approximate surface area is 201 Å². The van der Waals surface area contributed by atoms with E-state index in [1.54, 1.807) is 45.0 Å². The lowest BCUT2D eigenvalue weighted by atomic mass is 9.96. The van der Waals surface area contributed by atoms with Gasteiger partial charge in [0.25, 0.3) is 0 Å². The van der Waals surface area contributed by atoms with E-state index in [4.69, 9.17) is 0 Å². The topological polar surface area (TPSA) is 34.0 Å². The molecule has 34 heavy (non-hydrogen) atoms. The normalized spacial score (nSPS) is 15.0. The van der Waals surface area contributed by atoms with Gasteiger partial charge in [-0.2, -0.15) is 13.2 Å². The van der Waals surface area contributed by atoms with Gasteiger partial charge in [-0.05, 0) is 55.0 Å². The lowest BCUT2D eigenvalue weighted by Gasteiger charge is -2.22. The molecule has 0 amide bonds. The van der Waals surface area contributed by atoms with Gasteiger partial charge in [0.2, 0.25) is 0 Å². The second-order valence-corrected chi connectivity index (χ2v) is 12.8. The minimum atomic E-state index is -4.48. The molecule has 0 unspecified atom stereocenters. The Morgan fingerprint density at radius 2 is 1.65 bits per heavy atom. The van der Waals surface area contributed by atoms with E-state index in [1.807, 2.05) is 10.8 Å². The van der Waals surface area contributed by atoms with E-state index in [9.17, 15) is 21.8 Å². The summed E-state index contributed by atoms with van der Waals surface area (Å²) in [6.07, 6.45) is -2.66. The summed E-state index contributed by atoms with van der Waals surface area (Å²) in [6, 6.07) is 9.77. The molecule has 0 fully saturated rings. The standard InChI is InChI=1S/C26H32F4N2OS/c1-24(2,3)16-32-15-20(22(14-27)31-34(33)25(4,5)6)19-12-11-17(13-23(19)32)18-9-7-8-10-21(18)26(28,29)30/h7-13,15,22,31H,14,16H2,1-6H3/t22-,34-/m1/s1. The second-order valence-electron chi connectivity index (χ2n) is 10.8. The van der Waals surface area contributed by atoms with Crippen LogP contribution < -0.4 is 4.72 Å². The Morgan fingerprint density at radius 3 is 2.21 bits per heavy atom. The molecule has 1 aromatic heterocycles. The van der Waals surface area contributed by atoms with Gasteiger partial charge in [0.05, 0.1) is 27.3 Å². The first-order valence-corrected chi connectivity index (χ1v) is 12.3. The van der Waals surface area contributed by atoms with Crippen molar-refractivity contribution in [3.05, 3.63) is 59.8 Å². The highest BCUT2D eigenvalue weighted by atomic mass is 32.2. The van der Waals surface area contributed by atoms with Crippen LogP contribution in [0.4, 0.5) is 17.6 Å². The Hall–Kier alpha value is -2.19. The highest BCUT2D eigenvalue weighted by molar-refractivity contribution is 7.84. The minimum absolute atomic E-state index is 0.0935. The summed E-state index contributed by atoms with van der Waals surface area (Å²) < 4.78 is 72.0. The van der Waals surface area contributed by atoms with E-state index in [0.717, 1.165) is 11.5 Å². The molecule has 2 aromatic carbocycles. The van der Waals surface area contributed by atoms with Crippen LogP contribution in [0.15, 0.2) is 48.7 Å².